The van der Waals surface area contributed by atoms with E-state index in [1.807, 2.05) is 24.3 Å². The van der Waals surface area contributed by atoms with E-state index in [-0.39, 0.29) is 12.1 Å². The van der Waals surface area contributed by atoms with Crippen molar-refractivity contribution in [3.63, 3.8) is 0 Å². The first-order valence-electron chi connectivity index (χ1n) is 5.13. The molecular weight excluding hydrogens is 192 g/mol. The third-order valence-corrected chi connectivity index (χ3v) is 2.61. The summed E-state index contributed by atoms with van der Waals surface area (Å²) in [6.45, 7) is 0. The smallest absolute Gasteiger partial charge is 0.306 e. The van der Waals surface area contributed by atoms with Gasteiger partial charge in [0.2, 0.25) is 0 Å². The second-order valence-electron chi connectivity index (χ2n) is 3.61. The van der Waals surface area contributed by atoms with E-state index in [2.05, 4.69) is 0 Å². The topological polar surface area (TPSA) is 35.5 Å². The van der Waals surface area contributed by atoms with E-state index < -0.39 is 0 Å². The number of hydrogen-bond acceptors (Lipinski definition) is 3. The van der Waals surface area contributed by atoms with Crippen molar-refractivity contribution in [3.05, 3.63) is 29.8 Å². The van der Waals surface area contributed by atoms with Crippen molar-refractivity contribution >= 4 is 5.97 Å². The molecule has 80 valence electrons. The molecule has 0 amide bonds. The molecule has 0 aromatic heterocycles. The lowest BCUT2D eigenvalue weighted by Gasteiger charge is -2.23. The normalized spacial score (nSPS) is 20.9. The number of carbonyl (C=O) groups excluding carboxylic acids is 1. The highest BCUT2D eigenvalue weighted by Crippen LogP contribution is 2.33. The molecule has 1 fully saturated rings. The van der Waals surface area contributed by atoms with Gasteiger partial charge in [-0.05, 0) is 18.9 Å². The van der Waals surface area contributed by atoms with Gasteiger partial charge in [0.1, 0.15) is 11.9 Å². The molecule has 1 aliphatic rings. The zero-order chi connectivity index (χ0) is 10.7. The van der Waals surface area contributed by atoms with E-state index in [4.69, 9.17) is 9.47 Å². The predicted octanol–water partition coefficient (Wildman–Crippen LogP) is 2.46. The summed E-state index contributed by atoms with van der Waals surface area (Å²) >= 11 is 0. The monoisotopic (exact) mass is 206 g/mol. The highest BCUT2D eigenvalue weighted by molar-refractivity contribution is 5.70. The predicted molar refractivity (Wildman–Crippen MR) is 55.7 cm³/mol. The van der Waals surface area contributed by atoms with Crippen LogP contribution >= 0.6 is 0 Å². The molecule has 1 aromatic rings. The van der Waals surface area contributed by atoms with Gasteiger partial charge in [-0.1, -0.05) is 18.2 Å². The molecular formula is C12H14O3. The fourth-order valence-electron chi connectivity index (χ4n) is 1.86. The minimum Gasteiger partial charge on any atom is -0.496 e. The van der Waals surface area contributed by atoms with Crippen LogP contribution in [0.15, 0.2) is 24.3 Å². The number of cyclic esters (lactones) is 1. The number of methoxy groups -OCH3 is 1. The number of rotatable bonds is 2. The molecule has 3 nitrogen and oxygen atoms in total. The van der Waals surface area contributed by atoms with Crippen LogP contribution in [-0.2, 0) is 9.53 Å². The molecule has 0 radical (unpaired) electrons. The number of ether oxygens (including phenoxy) is 2. The zero-order valence-electron chi connectivity index (χ0n) is 8.73. The summed E-state index contributed by atoms with van der Waals surface area (Å²) in [7, 11) is 1.63. The standard InChI is InChI=1S/C12H14O3/c1-14-10-6-3-2-5-9(10)11-7-4-8-12(13)15-11/h2-3,5-6,11H,4,7-8H2,1H3. The molecule has 15 heavy (non-hydrogen) atoms. The van der Waals surface area contributed by atoms with Gasteiger partial charge in [-0.3, -0.25) is 4.79 Å². The maximum Gasteiger partial charge on any atom is 0.306 e. The Bertz CT molecular complexity index is 360. The van der Waals surface area contributed by atoms with E-state index in [1.165, 1.54) is 0 Å². The Balaban J connectivity index is 2.24. The van der Waals surface area contributed by atoms with Crippen molar-refractivity contribution < 1.29 is 14.3 Å². The molecule has 1 heterocycles. The number of esters is 1. The molecule has 0 N–H and O–H groups in total. The zero-order valence-corrected chi connectivity index (χ0v) is 8.73. The van der Waals surface area contributed by atoms with Gasteiger partial charge < -0.3 is 9.47 Å². The van der Waals surface area contributed by atoms with Crippen molar-refractivity contribution in [1.29, 1.82) is 0 Å². The van der Waals surface area contributed by atoms with Gasteiger partial charge >= 0.3 is 5.97 Å². The first-order valence-corrected chi connectivity index (χ1v) is 5.13. The Labute approximate surface area is 89.0 Å². The van der Waals surface area contributed by atoms with Gasteiger partial charge in [0.25, 0.3) is 0 Å². The SMILES string of the molecule is COc1ccccc1C1CCCC(=O)O1. The number of benzene rings is 1. The molecule has 0 aliphatic carbocycles. The molecule has 2 rings (SSSR count). The molecule has 1 saturated heterocycles. The summed E-state index contributed by atoms with van der Waals surface area (Å²) in [6.07, 6.45) is 2.17. The molecule has 1 aromatic carbocycles. The third kappa shape index (κ3) is 2.12. The van der Waals surface area contributed by atoms with Crippen molar-refractivity contribution in [2.24, 2.45) is 0 Å². The lowest BCUT2D eigenvalue weighted by atomic mass is 10.0. The summed E-state index contributed by atoms with van der Waals surface area (Å²) in [5.74, 6) is 0.675. The van der Waals surface area contributed by atoms with Gasteiger partial charge in [0.05, 0.1) is 7.11 Å². The van der Waals surface area contributed by atoms with Crippen LogP contribution in [0, 0.1) is 0 Å². The van der Waals surface area contributed by atoms with Gasteiger partial charge in [-0.2, -0.15) is 0 Å². The average Bonchev–Trinajstić information content (AvgIpc) is 2.29. The van der Waals surface area contributed by atoms with Crippen molar-refractivity contribution in [1.82, 2.24) is 0 Å². The first-order chi connectivity index (χ1) is 7.31. The van der Waals surface area contributed by atoms with Crippen LogP contribution < -0.4 is 4.74 Å². The fourth-order valence-corrected chi connectivity index (χ4v) is 1.86. The average molecular weight is 206 g/mol. The van der Waals surface area contributed by atoms with Crippen LogP contribution in [-0.4, -0.2) is 13.1 Å². The number of hydrogen-bond donors (Lipinski definition) is 0. The highest BCUT2D eigenvalue weighted by Gasteiger charge is 2.24. The maximum absolute atomic E-state index is 11.2. The maximum atomic E-state index is 11.2. The summed E-state index contributed by atoms with van der Waals surface area (Å²) in [5, 5.41) is 0. The second kappa shape index (κ2) is 4.34. The van der Waals surface area contributed by atoms with E-state index in [9.17, 15) is 4.79 Å². The molecule has 0 spiro atoms. The number of para-hydroxylation sites is 1. The quantitative estimate of drug-likeness (QED) is 0.697. The molecule has 1 atom stereocenters. The Morgan fingerprint density at radius 1 is 1.40 bits per heavy atom. The summed E-state index contributed by atoms with van der Waals surface area (Å²) in [5.41, 5.74) is 0.966. The fraction of sp³-hybridized carbons (Fsp3) is 0.417. The molecule has 0 bridgehead atoms. The molecule has 1 aliphatic heterocycles. The van der Waals surface area contributed by atoms with E-state index in [1.54, 1.807) is 7.11 Å². The second-order valence-corrected chi connectivity index (χ2v) is 3.61. The minimum atomic E-state index is -0.137. The van der Waals surface area contributed by atoms with Crippen molar-refractivity contribution in [2.45, 2.75) is 25.4 Å². The lowest BCUT2D eigenvalue weighted by molar-refractivity contribution is -0.154. The van der Waals surface area contributed by atoms with Gasteiger partial charge in [-0.15, -0.1) is 0 Å². The molecule has 0 saturated carbocycles. The van der Waals surface area contributed by atoms with E-state index >= 15 is 0 Å². The summed E-state index contributed by atoms with van der Waals surface area (Å²) in [6, 6.07) is 7.67. The lowest BCUT2D eigenvalue weighted by Crippen LogP contribution is -2.17. The molecule has 3 heteroatoms. The third-order valence-electron chi connectivity index (χ3n) is 2.61. The van der Waals surface area contributed by atoms with Gasteiger partial charge in [0, 0.05) is 12.0 Å². The molecule has 1 unspecified atom stereocenters. The number of carbonyl (C=O) groups is 1. The summed E-state index contributed by atoms with van der Waals surface area (Å²) in [4.78, 5) is 11.2. The van der Waals surface area contributed by atoms with Gasteiger partial charge in [-0.25, -0.2) is 0 Å². The van der Waals surface area contributed by atoms with Crippen LogP contribution in [0.1, 0.15) is 30.9 Å². The first kappa shape index (κ1) is 10.0. The van der Waals surface area contributed by atoms with Crippen LogP contribution in [0.4, 0.5) is 0 Å². The van der Waals surface area contributed by atoms with Crippen LogP contribution in [0.25, 0.3) is 0 Å². The van der Waals surface area contributed by atoms with Crippen LogP contribution in [0.2, 0.25) is 0 Å². The Morgan fingerprint density at radius 2 is 2.20 bits per heavy atom. The van der Waals surface area contributed by atoms with Crippen molar-refractivity contribution in [2.75, 3.05) is 7.11 Å². The Hall–Kier alpha value is -1.51. The van der Waals surface area contributed by atoms with E-state index in [0.29, 0.717) is 6.42 Å². The van der Waals surface area contributed by atoms with Crippen LogP contribution in [0.5, 0.6) is 5.75 Å². The Kier molecular flexibility index (Phi) is 2.90. The minimum absolute atomic E-state index is 0.114. The van der Waals surface area contributed by atoms with Crippen LogP contribution in [0.3, 0.4) is 0 Å². The van der Waals surface area contributed by atoms with E-state index in [0.717, 1.165) is 24.2 Å². The Morgan fingerprint density at radius 3 is 2.93 bits per heavy atom. The highest BCUT2D eigenvalue weighted by atomic mass is 16.5. The van der Waals surface area contributed by atoms with Crippen molar-refractivity contribution in [3.8, 4) is 5.75 Å². The van der Waals surface area contributed by atoms with Gasteiger partial charge in [0.15, 0.2) is 0 Å². The summed E-state index contributed by atoms with van der Waals surface area (Å²) < 4.78 is 10.5. The largest absolute Gasteiger partial charge is 0.496 e.